The van der Waals surface area contributed by atoms with E-state index in [9.17, 15) is 13.2 Å². The van der Waals surface area contributed by atoms with Crippen LogP contribution in [0.4, 0.5) is 0 Å². The first-order valence-corrected chi connectivity index (χ1v) is 14.6. The van der Waals surface area contributed by atoms with Gasteiger partial charge in [0, 0.05) is 17.4 Å². The summed E-state index contributed by atoms with van der Waals surface area (Å²) in [5.74, 6) is 1.26. The number of unbranched alkanes of at least 4 members (excludes halogenated alkanes) is 1. The first-order chi connectivity index (χ1) is 14.5. The Kier molecular flexibility index (Phi) is 15.6. The van der Waals surface area contributed by atoms with Gasteiger partial charge in [0.05, 0.1) is 26.0 Å². The first kappa shape index (κ1) is 30.3. The zero-order chi connectivity index (χ0) is 23.9. The summed E-state index contributed by atoms with van der Waals surface area (Å²) in [5, 5.41) is 0.823. The normalized spacial score (nSPS) is 15.9. The highest BCUT2D eigenvalue weighted by molar-refractivity contribution is 8.77. The standard InChI is InChI=1S/C13H26NO2S2.C7H8O3S.C2H6/c1-14(2,3)9-10-16-13(15)7-5-4-6-12-8-11-17-18-12;1-6-2-4-7(5-3-6)11(8,9)10;1-2/h12H,4-11H2,1-3H3;2-5H,1H3,(H,8,9,10);1-2H3/q+1;;. The molecule has 1 aliphatic rings. The summed E-state index contributed by atoms with van der Waals surface area (Å²) in [7, 11) is 6.29. The third kappa shape index (κ3) is 16.5. The van der Waals surface area contributed by atoms with Crippen LogP contribution in [-0.4, -0.2) is 68.7 Å². The van der Waals surface area contributed by atoms with Crippen molar-refractivity contribution in [3.05, 3.63) is 29.8 Å². The van der Waals surface area contributed by atoms with Crippen LogP contribution in [0.25, 0.3) is 0 Å². The molecule has 0 saturated carbocycles. The number of likely N-dealkylation sites (N-methyl/N-ethyl adjacent to an activating group) is 1. The molecule has 1 unspecified atom stereocenters. The van der Waals surface area contributed by atoms with Gasteiger partial charge in [-0.1, -0.05) is 59.6 Å². The highest BCUT2D eigenvalue weighted by atomic mass is 33.1. The number of aryl methyl sites for hydroxylation is 1. The van der Waals surface area contributed by atoms with E-state index in [1.165, 1.54) is 30.7 Å². The summed E-state index contributed by atoms with van der Waals surface area (Å²) in [4.78, 5) is 11.4. The number of ether oxygens (including phenoxy) is 1. The smallest absolute Gasteiger partial charge is 0.305 e. The largest absolute Gasteiger partial charge is 0.460 e. The molecule has 0 amide bonds. The number of nitrogens with zero attached hydrogens (tertiary/aromatic N) is 1. The number of esters is 1. The average molecular weight is 495 g/mol. The molecular formula is C22H40NO5S3+. The van der Waals surface area contributed by atoms with E-state index in [2.05, 4.69) is 21.1 Å². The van der Waals surface area contributed by atoms with Crippen molar-refractivity contribution >= 4 is 37.7 Å². The summed E-state index contributed by atoms with van der Waals surface area (Å²) in [6.45, 7) is 7.26. The van der Waals surface area contributed by atoms with Crippen LogP contribution in [0.1, 0.15) is 51.5 Å². The second-order valence-electron chi connectivity index (χ2n) is 8.10. The Hall–Kier alpha value is -0.740. The molecule has 6 nitrogen and oxygen atoms in total. The summed E-state index contributed by atoms with van der Waals surface area (Å²) < 4.78 is 35.6. The minimum Gasteiger partial charge on any atom is -0.460 e. The van der Waals surface area contributed by atoms with Crippen LogP contribution in [0.5, 0.6) is 0 Å². The Morgan fingerprint density at radius 2 is 1.77 bits per heavy atom. The Balaban J connectivity index is 0.000000591. The minimum absolute atomic E-state index is 0.0306. The molecule has 0 aromatic heterocycles. The zero-order valence-electron chi connectivity index (χ0n) is 19.8. The highest BCUT2D eigenvalue weighted by Gasteiger charge is 2.16. The fraction of sp³-hybridized carbons (Fsp3) is 0.682. The molecule has 180 valence electrons. The molecular weight excluding hydrogens is 454 g/mol. The number of quaternary nitrogens is 1. The number of carbonyl (C=O) groups excluding carboxylic acids is 1. The number of hydrogen-bond acceptors (Lipinski definition) is 6. The van der Waals surface area contributed by atoms with Crippen LogP contribution in [0.15, 0.2) is 29.2 Å². The third-order valence-electron chi connectivity index (χ3n) is 4.23. The Morgan fingerprint density at radius 3 is 2.26 bits per heavy atom. The number of hydrogen-bond donors (Lipinski definition) is 1. The topological polar surface area (TPSA) is 80.7 Å². The van der Waals surface area contributed by atoms with E-state index >= 15 is 0 Å². The monoisotopic (exact) mass is 494 g/mol. The predicted octanol–water partition coefficient (Wildman–Crippen LogP) is 5.22. The minimum atomic E-state index is -4.02. The molecule has 2 rings (SSSR count). The highest BCUT2D eigenvalue weighted by Crippen LogP contribution is 2.39. The molecule has 1 atom stereocenters. The molecule has 1 fully saturated rings. The molecule has 1 aliphatic heterocycles. The van der Waals surface area contributed by atoms with E-state index in [1.807, 2.05) is 42.4 Å². The molecule has 31 heavy (non-hydrogen) atoms. The maximum Gasteiger partial charge on any atom is 0.305 e. The van der Waals surface area contributed by atoms with Crippen LogP contribution in [0.3, 0.4) is 0 Å². The van der Waals surface area contributed by atoms with Gasteiger partial charge in [-0.2, -0.15) is 8.42 Å². The Bertz CT molecular complexity index is 710. The van der Waals surface area contributed by atoms with Crippen LogP contribution >= 0.6 is 21.6 Å². The van der Waals surface area contributed by atoms with Gasteiger partial charge in [0.25, 0.3) is 10.1 Å². The third-order valence-corrected chi connectivity index (χ3v) is 8.10. The lowest BCUT2D eigenvalue weighted by molar-refractivity contribution is -0.870. The van der Waals surface area contributed by atoms with E-state index in [-0.39, 0.29) is 10.9 Å². The van der Waals surface area contributed by atoms with E-state index in [1.54, 1.807) is 12.1 Å². The van der Waals surface area contributed by atoms with Crippen molar-refractivity contribution < 1.29 is 27.0 Å². The molecule has 1 aromatic rings. The maximum absolute atomic E-state index is 11.5. The Morgan fingerprint density at radius 1 is 1.16 bits per heavy atom. The van der Waals surface area contributed by atoms with Crippen LogP contribution in [0, 0.1) is 6.92 Å². The van der Waals surface area contributed by atoms with Crippen LogP contribution in [-0.2, 0) is 19.6 Å². The molecule has 0 radical (unpaired) electrons. The molecule has 0 bridgehead atoms. The van der Waals surface area contributed by atoms with Gasteiger partial charge >= 0.3 is 5.97 Å². The second kappa shape index (κ2) is 16.0. The fourth-order valence-electron chi connectivity index (χ4n) is 2.42. The van der Waals surface area contributed by atoms with Crippen molar-refractivity contribution in [2.45, 2.75) is 63.0 Å². The molecule has 0 aliphatic carbocycles. The summed E-state index contributed by atoms with van der Waals surface area (Å²) in [6, 6.07) is 5.99. The van der Waals surface area contributed by atoms with E-state index < -0.39 is 10.1 Å². The molecule has 1 saturated heterocycles. The van der Waals surface area contributed by atoms with Gasteiger partial charge < -0.3 is 9.22 Å². The van der Waals surface area contributed by atoms with Gasteiger partial charge in [-0.25, -0.2) is 0 Å². The number of rotatable bonds is 9. The Labute approximate surface area is 197 Å². The van der Waals surface area contributed by atoms with E-state index in [0.29, 0.717) is 13.0 Å². The van der Waals surface area contributed by atoms with Crippen LogP contribution in [0.2, 0.25) is 0 Å². The van der Waals surface area contributed by atoms with Gasteiger partial charge in [-0.15, -0.1) is 0 Å². The zero-order valence-corrected chi connectivity index (χ0v) is 22.2. The lowest BCUT2D eigenvalue weighted by atomic mass is 10.1. The van der Waals surface area contributed by atoms with Crippen LogP contribution < -0.4 is 0 Å². The van der Waals surface area contributed by atoms with Gasteiger partial charge in [0.2, 0.25) is 0 Å². The van der Waals surface area contributed by atoms with Crippen molar-refractivity contribution in [2.24, 2.45) is 0 Å². The van der Waals surface area contributed by atoms with Gasteiger partial charge in [0.15, 0.2) is 0 Å². The number of benzene rings is 1. The summed E-state index contributed by atoms with van der Waals surface area (Å²) in [5.41, 5.74) is 0.956. The SMILES string of the molecule is CC.C[N+](C)(C)CCOC(=O)CCCCC1CCSS1.Cc1ccc(S(=O)(=O)O)cc1. The van der Waals surface area contributed by atoms with E-state index in [4.69, 9.17) is 9.29 Å². The van der Waals surface area contributed by atoms with Crippen molar-refractivity contribution in [3.8, 4) is 0 Å². The fourth-order valence-corrected chi connectivity index (χ4v) is 5.93. The lowest BCUT2D eigenvalue weighted by Crippen LogP contribution is -2.38. The number of carbonyl (C=O) groups is 1. The van der Waals surface area contributed by atoms with Gasteiger partial charge in [-0.3, -0.25) is 9.35 Å². The summed E-state index contributed by atoms with van der Waals surface area (Å²) >= 11 is 0. The predicted molar refractivity (Wildman–Crippen MR) is 133 cm³/mol. The van der Waals surface area contributed by atoms with Crippen molar-refractivity contribution in [1.82, 2.24) is 0 Å². The van der Waals surface area contributed by atoms with Crippen molar-refractivity contribution in [3.63, 3.8) is 0 Å². The summed E-state index contributed by atoms with van der Waals surface area (Å²) in [6.07, 6.45) is 5.31. The quantitative estimate of drug-likeness (QED) is 0.166. The van der Waals surface area contributed by atoms with Gasteiger partial charge in [0.1, 0.15) is 13.2 Å². The first-order valence-electron chi connectivity index (χ1n) is 10.8. The lowest BCUT2D eigenvalue weighted by Gasteiger charge is -2.23. The van der Waals surface area contributed by atoms with Crippen molar-refractivity contribution in [1.29, 1.82) is 0 Å². The van der Waals surface area contributed by atoms with Crippen molar-refractivity contribution in [2.75, 3.05) is 40.0 Å². The molecule has 9 heteroatoms. The average Bonchev–Trinajstić information content (AvgIpc) is 3.19. The molecule has 1 N–H and O–H groups in total. The maximum atomic E-state index is 11.5. The molecule has 0 spiro atoms. The van der Waals surface area contributed by atoms with E-state index in [0.717, 1.165) is 34.7 Å². The molecule has 1 heterocycles. The second-order valence-corrected chi connectivity index (χ2v) is 12.3. The van der Waals surface area contributed by atoms with Gasteiger partial charge in [-0.05, 0) is 38.3 Å². The molecule has 1 aromatic carbocycles.